The van der Waals surface area contributed by atoms with Crippen LogP contribution in [0.25, 0.3) is 10.9 Å². The molecule has 0 radical (unpaired) electrons. The Kier molecular flexibility index (Phi) is 2.89. The van der Waals surface area contributed by atoms with Crippen LogP contribution < -0.4 is 0 Å². The molecule has 0 bridgehead atoms. The van der Waals surface area contributed by atoms with E-state index in [1.54, 1.807) is 4.90 Å². The molecule has 116 valence electrons. The summed E-state index contributed by atoms with van der Waals surface area (Å²) < 4.78 is 8.60. The van der Waals surface area contributed by atoms with Crippen LogP contribution >= 0.6 is 0 Å². The number of ether oxygens (including phenoxy) is 1. The van der Waals surface area contributed by atoms with Gasteiger partial charge < -0.3 is 14.2 Å². The second-order valence-corrected chi connectivity index (χ2v) is 6.78. The molecule has 0 aliphatic carbocycles. The second kappa shape index (κ2) is 4.59. The van der Waals surface area contributed by atoms with Gasteiger partial charge in [0.15, 0.2) is 0 Å². The Labute approximate surface area is 130 Å². The number of hydrogen-bond acceptors (Lipinski definition) is 2. The van der Waals surface area contributed by atoms with E-state index in [1.165, 1.54) is 22.2 Å². The first-order valence-corrected chi connectivity index (χ1v) is 7.99. The average Bonchev–Trinajstić information content (AvgIpc) is 2.84. The summed E-state index contributed by atoms with van der Waals surface area (Å²) in [5.41, 5.74) is 3.37. The number of para-hydroxylation sites is 1. The standard InChI is InChI=1S/C18H22N2O2/c1-18-14(17(21)19(2)3)8-10-20-15-7-5-4-6-12(15)13(16(18)20)9-11-22-18/h4-7,14H,8-11H2,1-3H3. The molecule has 1 aromatic heterocycles. The first-order valence-electron chi connectivity index (χ1n) is 7.99. The lowest BCUT2D eigenvalue weighted by molar-refractivity contribution is -0.155. The summed E-state index contributed by atoms with van der Waals surface area (Å²) in [5.74, 6) is 0.0743. The van der Waals surface area contributed by atoms with Crippen LogP contribution in [0.15, 0.2) is 24.3 Å². The number of nitrogens with zero attached hydrogens (tertiary/aromatic N) is 2. The van der Waals surface area contributed by atoms with Gasteiger partial charge in [0.05, 0.1) is 18.2 Å². The highest BCUT2D eigenvalue weighted by atomic mass is 16.5. The molecule has 2 unspecified atom stereocenters. The highest BCUT2D eigenvalue weighted by molar-refractivity contribution is 5.88. The van der Waals surface area contributed by atoms with Crippen LogP contribution in [0.2, 0.25) is 0 Å². The van der Waals surface area contributed by atoms with Gasteiger partial charge >= 0.3 is 0 Å². The minimum absolute atomic E-state index is 0.0987. The molecule has 1 amide bonds. The number of aryl methyl sites for hydroxylation is 1. The van der Waals surface area contributed by atoms with Gasteiger partial charge in [-0.25, -0.2) is 0 Å². The van der Waals surface area contributed by atoms with Gasteiger partial charge in [-0.15, -0.1) is 0 Å². The van der Waals surface area contributed by atoms with Gasteiger partial charge in [0.1, 0.15) is 5.60 Å². The normalized spacial score (nSPS) is 26.8. The fraction of sp³-hybridized carbons (Fsp3) is 0.500. The van der Waals surface area contributed by atoms with E-state index < -0.39 is 5.60 Å². The zero-order chi connectivity index (χ0) is 15.5. The molecule has 2 aromatic rings. The quantitative estimate of drug-likeness (QED) is 0.811. The van der Waals surface area contributed by atoms with Gasteiger partial charge in [0.25, 0.3) is 0 Å². The fourth-order valence-electron chi connectivity index (χ4n) is 4.33. The summed E-state index contributed by atoms with van der Waals surface area (Å²) in [6.07, 6.45) is 1.76. The van der Waals surface area contributed by atoms with Gasteiger partial charge in [-0.1, -0.05) is 18.2 Å². The maximum Gasteiger partial charge on any atom is 0.228 e. The van der Waals surface area contributed by atoms with E-state index in [0.29, 0.717) is 6.61 Å². The third-order valence-corrected chi connectivity index (χ3v) is 5.35. The number of aromatic nitrogens is 1. The van der Waals surface area contributed by atoms with Crippen LogP contribution in [0.5, 0.6) is 0 Å². The largest absolute Gasteiger partial charge is 0.368 e. The summed E-state index contributed by atoms with van der Waals surface area (Å²) in [6, 6.07) is 8.57. The van der Waals surface area contributed by atoms with Crippen molar-refractivity contribution in [1.82, 2.24) is 9.47 Å². The zero-order valence-electron chi connectivity index (χ0n) is 13.4. The highest BCUT2D eigenvalue weighted by Gasteiger charge is 2.50. The third-order valence-electron chi connectivity index (χ3n) is 5.35. The van der Waals surface area contributed by atoms with Crippen LogP contribution in [0, 0.1) is 5.92 Å². The molecule has 4 heteroatoms. The van der Waals surface area contributed by atoms with Crippen molar-refractivity contribution in [1.29, 1.82) is 0 Å². The molecule has 0 spiro atoms. The predicted molar refractivity (Wildman–Crippen MR) is 85.7 cm³/mol. The SMILES string of the molecule is CN(C)C(=O)C1CCn2c3c(c4ccccc42)CCOC31C. The zero-order valence-corrected chi connectivity index (χ0v) is 13.4. The minimum atomic E-state index is -0.508. The van der Waals surface area contributed by atoms with Crippen LogP contribution in [0.3, 0.4) is 0 Å². The monoisotopic (exact) mass is 298 g/mol. The lowest BCUT2D eigenvalue weighted by Crippen LogP contribution is -2.50. The Morgan fingerprint density at radius 1 is 1.36 bits per heavy atom. The van der Waals surface area contributed by atoms with E-state index in [1.807, 2.05) is 14.1 Å². The van der Waals surface area contributed by atoms with Gasteiger partial charge in [-0.05, 0) is 31.4 Å². The van der Waals surface area contributed by atoms with Crippen LogP contribution in [-0.4, -0.2) is 36.1 Å². The van der Waals surface area contributed by atoms with Crippen molar-refractivity contribution in [2.75, 3.05) is 20.7 Å². The number of hydrogen-bond donors (Lipinski definition) is 0. The summed E-state index contributed by atoms with van der Waals surface area (Å²) in [6.45, 7) is 3.68. The molecule has 0 N–H and O–H groups in total. The lowest BCUT2D eigenvalue weighted by Gasteiger charge is -2.45. The van der Waals surface area contributed by atoms with Crippen molar-refractivity contribution in [2.24, 2.45) is 5.92 Å². The van der Waals surface area contributed by atoms with E-state index in [9.17, 15) is 4.79 Å². The maximum atomic E-state index is 12.7. The fourth-order valence-corrected chi connectivity index (χ4v) is 4.33. The molecular formula is C18H22N2O2. The van der Waals surface area contributed by atoms with Crippen molar-refractivity contribution in [2.45, 2.75) is 31.9 Å². The molecule has 0 saturated carbocycles. The summed E-state index contributed by atoms with van der Waals surface area (Å²) in [5, 5.41) is 1.32. The Bertz CT molecular complexity index is 729. The molecule has 2 atom stereocenters. The predicted octanol–water partition coefficient (Wildman–Crippen LogP) is 2.54. The van der Waals surface area contributed by atoms with E-state index in [-0.39, 0.29) is 11.8 Å². The Morgan fingerprint density at radius 2 is 2.14 bits per heavy atom. The molecule has 1 aromatic carbocycles. The van der Waals surface area contributed by atoms with Crippen molar-refractivity contribution in [3.05, 3.63) is 35.5 Å². The number of carbonyl (C=O) groups excluding carboxylic acids is 1. The van der Waals surface area contributed by atoms with E-state index in [2.05, 4.69) is 35.8 Å². The molecule has 0 fully saturated rings. The van der Waals surface area contributed by atoms with Crippen molar-refractivity contribution >= 4 is 16.8 Å². The Morgan fingerprint density at radius 3 is 2.91 bits per heavy atom. The molecule has 4 nitrogen and oxygen atoms in total. The smallest absolute Gasteiger partial charge is 0.228 e. The molecule has 4 rings (SSSR count). The topological polar surface area (TPSA) is 34.5 Å². The first-order chi connectivity index (χ1) is 10.5. The van der Waals surface area contributed by atoms with Crippen molar-refractivity contribution < 1.29 is 9.53 Å². The summed E-state index contributed by atoms with van der Waals surface area (Å²) in [7, 11) is 3.67. The average molecular weight is 298 g/mol. The molecule has 2 aliphatic rings. The van der Waals surface area contributed by atoms with E-state index >= 15 is 0 Å². The molecule has 0 saturated heterocycles. The summed E-state index contributed by atoms with van der Waals surface area (Å²) >= 11 is 0. The van der Waals surface area contributed by atoms with Crippen LogP contribution in [0.1, 0.15) is 24.6 Å². The van der Waals surface area contributed by atoms with Gasteiger partial charge in [-0.2, -0.15) is 0 Å². The van der Waals surface area contributed by atoms with E-state index in [0.717, 1.165) is 19.4 Å². The highest BCUT2D eigenvalue weighted by Crippen LogP contribution is 2.48. The molecule has 3 heterocycles. The molecule has 22 heavy (non-hydrogen) atoms. The number of rotatable bonds is 1. The van der Waals surface area contributed by atoms with E-state index in [4.69, 9.17) is 4.74 Å². The maximum absolute atomic E-state index is 12.7. The van der Waals surface area contributed by atoms with Crippen LogP contribution in [0.4, 0.5) is 0 Å². The Balaban J connectivity index is 1.96. The lowest BCUT2D eigenvalue weighted by atomic mass is 9.77. The number of benzene rings is 1. The van der Waals surface area contributed by atoms with Gasteiger partial charge in [0, 0.05) is 31.5 Å². The minimum Gasteiger partial charge on any atom is -0.368 e. The van der Waals surface area contributed by atoms with Crippen LogP contribution in [-0.2, 0) is 28.1 Å². The van der Waals surface area contributed by atoms with Gasteiger partial charge in [0.2, 0.25) is 5.91 Å². The van der Waals surface area contributed by atoms with Crippen molar-refractivity contribution in [3.8, 4) is 0 Å². The number of amides is 1. The second-order valence-electron chi connectivity index (χ2n) is 6.78. The Hall–Kier alpha value is -1.81. The summed E-state index contributed by atoms with van der Waals surface area (Å²) in [4.78, 5) is 14.4. The third kappa shape index (κ3) is 1.64. The molecular weight excluding hydrogens is 276 g/mol. The number of carbonyl (C=O) groups is 1. The molecule has 2 aliphatic heterocycles. The number of fused-ring (bicyclic) bond motifs is 3. The van der Waals surface area contributed by atoms with Gasteiger partial charge in [-0.3, -0.25) is 4.79 Å². The van der Waals surface area contributed by atoms with Crippen molar-refractivity contribution in [3.63, 3.8) is 0 Å². The first kappa shape index (κ1) is 13.8.